The van der Waals surface area contributed by atoms with Gasteiger partial charge in [-0.15, -0.1) is 0 Å². The minimum atomic E-state index is -1.43. The number of anilines is 2. The predicted octanol–water partition coefficient (Wildman–Crippen LogP) is -0.598. The van der Waals surface area contributed by atoms with Crippen LogP contribution in [0.2, 0.25) is 0 Å². The number of nitrogens with zero attached hydrogens (tertiary/aromatic N) is 2. The van der Waals surface area contributed by atoms with Crippen LogP contribution in [-0.4, -0.2) is 63.7 Å². The fourth-order valence-corrected chi connectivity index (χ4v) is 3.40. The van der Waals surface area contributed by atoms with E-state index in [2.05, 4.69) is 26.3 Å². The standard InChI is InChI=1S/C23H31N7O5/c1-23(24,14-31)21(34)27-16-7-5-15(6-8-16)19(32)28-18-9-13-30(22(35)29-18)12-3-11-26-20(33)17-4-2-10-25-17/h5-9,13,17,25,31H,2-4,10-12,14,24H2,1H3,(H,26,33)(H,27,34)(H,28,29,32,35)/t17?,23-/m0/s1. The van der Waals surface area contributed by atoms with E-state index in [1.54, 1.807) is 0 Å². The highest BCUT2D eigenvalue weighted by Gasteiger charge is 2.27. The average Bonchev–Trinajstić information content (AvgIpc) is 3.38. The highest BCUT2D eigenvalue weighted by molar-refractivity contribution is 6.04. The summed E-state index contributed by atoms with van der Waals surface area (Å²) in [6, 6.07) is 7.42. The normalized spacial score (nSPS) is 16.8. The number of carbonyl (C=O) groups excluding carboxylic acids is 3. The van der Waals surface area contributed by atoms with Gasteiger partial charge in [0.05, 0.1) is 12.6 Å². The number of aryl methyl sites for hydroxylation is 1. The highest BCUT2D eigenvalue weighted by Crippen LogP contribution is 2.13. The number of aliphatic hydroxyl groups is 1. The first-order valence-electron chi connectivity index (χ1n) is 11.4. The van der Waals surface area contributed by atoms with Gasteiger partial charge in [0.2, 0.25) is 11.8 Å². The Bertz CT molecular complexity index is 1110. The van der Waals surface area contributed by atoms with Gasteiger partial charge >= 0.3 is 5.69 Å². The zero-order chi connectivity index (χ0) is 25.4. The molecule has 3 amide bonds. The monoisotopic (exact) mass is 485 g/mol. The number of rotatable bonds is 10. The lowest BCUT2D eigenvalue weighted by Gasteiger charge is -2.20. The van der Waals surface area contributed by atoms with Crippen LogP contribution < -0.4 is 32.7 Å². The summed E-state index contributed by atoms with van der Waals surface area (Å²) in [5.74, 6) is -0.953. The van der Waals surface area contributed by atoms with Crippen LogP contribution in [0.5, 0.6) is 0 Å². The van der Waals surface area contributed by atoms with Crippen LogP contribution in [0.25, 0.3) is 0 Å². The molecule has 1 fully saturated rings. The zero-order valence-corrected chi connectivity index (χ0v) is 19.5. The van der Waals surface area contributed by atoms with Gasteiger partial charge < -0.3 is 32.1 Å². The molecular weight excluding hydrogens is 454 g/mol. The molecule has 1 aromatic carbocycles. The number of amides is 3. The lowest BCUT2D eigenvalue weighted by Crippen LogP contribution is -2.51. The molecule has 2 heterocycles. The molecule has 3 rings (SSSR count). The number of nitrogens with two attached hydrogens (primary N) is 1. The van der Waals surface area contributed by atoms with E-state index < -0.39 is 29.6 Å². The summed E-state index contributed by atoms with van der Waals surface area (Å²) in [5.41, 5.74) is 4.44. The molecule has 188 valence electrons. The van der Waals surface area contributed by atoms with Gasteiger partial charge in [-0.05, 0) is 63.1 Å². The number of hydrogen-bond donors (Lipinski definition) is 6. The van der Waals surface area contributed by atoms with Crippen molar-refractivity contribution in [2.24, 2.45) is 5.73 Å². The Morgan fingerprint density at radius 2 is 1.97 bits per heavy atom. The van der Waals surface area contributed by atoms with E-state index in [0.717, 1.165) is 19.4 Å². The third-order valence-electron chi connectivity index (χ3n) is 5.62. The van der Waals surface area contributed by atoms with E-state index >= 15 is 0 Å². The van der Waals surface area contributed by atoms with E-state index in [4.69, 9.17) is 10.8 Å². The van der Waals surface area contributed by atoms with E-state index in [9.17, 15) is 19.2 Å². The first kappa shape index (κ1) is 26.0. The predicted molar refractivity (Wildman–Crippen MR) is 130 cm³/mol. The molecule has 1 unspecified atom stereocenters. The largest absolute Gasteiger partial charge is 0.394 e. The number of nitrogens with one attached hydrogen (secondary N) is 4. The highest BCUT2D eigenvalue weighted by atomic mass is 16.3. The number of hydrogen-bond acceptors (Lipinski definition) is 8. The molecular formula is C23H31N7O5. The van der Waals surface area contributed by atoms with Crippen molar-refractivity contribution in [2.45, 2.75) is 44.3 Å². The molecule has 12 nitrogen and oxygen atoms in total. The van der Waals surface area contributed by atoms with Crippen molar-refractivity contribution < 1.29 is 19.5 Å². The molecule has 1 aliphatic heterocycles. The maximum atomic E-state index is 12.5. The summed E-state index contributed by atoms with van der Waals surface area (Å²) in [5, 5.41) is 20.3. The van der Waals surface area contributed by atoms with Crippen LogP contribution in [0.15, 0.2) is 41.3 Å². The van der Waals surface area contributed by atoms with Crippen molar-refractivity contribution in [1.82, 2.24) is 20.2 Å². The molecule has 1 aromatic heterocycles. The summed E-state index contributed by atoms with van der Waals surface area (Å²) in [6.07, 6.45) is 3.93. The van der Waals surface area contributed by atoms with E-state index in [-0.39, 0.29) is 17.8 Å². The first-order valence-corrected chi connectivity index (χ1v) is 11.4. The smallest absolute Gasteiger partial charge is 0.349 e. The minimum Gasteiger partial charge on any atom is -0.394 e. The maximum absolute atomic E-state index is 12.5. The Labute approximate surface area is 202 Å². The van der Waals surface area contributed by atoms with Gasteiger partial charge in [-0.3, -0.25) is 19.0 Å². The number of benzene rings is 1. The maximum Gasteiger partial charge on any atom is 0.349 e. The summed E-state index contributed by atoms with van der Waals surface area (Å²) in [7, 11) is 0. The van der Waals surface area contributed by atoms with Gasteiger partial charge in [0, 0.05) is 30.5 Å². The van der Waals surface area contributed by atoms with Gasteiger partial charge in [0.25, 0.3) is 5.91 Å². The van der Waals surface area contributed by atoms with Crippen LogP contribution in [0, 0.1) is 0 Å². The molecule has 1 saturated heterocycles. The second kappa shape index (κ2) is 11.7. The number of carbonyl (C=O) groups is 3. The third kappa shape index (κ3) is 7.18. The average molecular weight is 486 g/mol. The number of aromatic nitrogens is 2. The molecule has 0 saturated carbocycles. The second-order valence-corrected chi connectivity index (χ2v) is 8.64. The van der Waals surface area contributed by atoms with Crippen molar-refractivity contribution in [2.75, 3.05) is 30.3 Å². The topological polar surface area (TPSA) is 180 Å². The lowest BCUT2D eigenvalue weighted by molar-refractivity contribution is -0.123. The summed E-state index contributed by atoms with van der Waals surface area (Å²) in [4.78, 5) is 52.7. The Morgan fingerprint density at radius 3 is 2.60 bits per heavy atom. The first-order chi connectivity index (χ1) is 16.7. The van der Waals surface area contributed by atoms with Crippen LogP contribution in [0.4, 0.5) is 11.5 Å². The summed E-state index contributed by atoms with van der Waals surface area (Å²) >= 11 is 0. The fourth-order valence-electron chi connectivity index (χ4n) is 3.40. The van der Waals surface area contributed by atoms with Crippen LogP contribution in [0.3, 0.4) is 0 Å². The molecule has 7 N–H and O–H groups in total. The van der Waals surface area contributed by atoms with Gasteiger partial charge in [-0.1, -0.05) is 0 Å². The van der Waals surface area contributed by atoms with Gasteiger partial charge in [0.1, 0.15) is 11.4 Å². The van der Waals surface area contributed by atoms with Crippen LogP contribution in [0.1, 0.15) is 36.5 Å². The molecule has 0 spiro atoms. The molecule has 0 bridgehead atoms. The molecule has 0 aliphatic carbocycles. The van der Waals surface area contributed by atoms with Crippen LogP contribution in [-0.2, 0) is 16.1 Å². The Kier molecular flexibility index (Phi) is 8.68. The molecule has 12 heteroatoms. The van der Waals surface area contributed by atoms with Gasteiger partial charge in [0.15, 0.2) is 0 Å². The quantitative estimate of drug-likeness (QED) is 0.241. The van der Waals surface area contributed by atoms with Crippen molar-refractivity contribution in [3.63, 3.8) is 0 Å². The SMILES string of the molecule is C[C@](N)(CO)C(=O)Nc1ccc(C(=O)Nc2ccn(CCCNC(=O)C3CCCN3)c(=O)n2)cc1. The van der Waals surface area contributed by atoms with Crippen molar-refractivity contribution in [3.8, 4) is 0 Å². The van der Waals surface area contributed by atoms with Gasteiger partial charge in [-0.2, -0.15) is 4.98 Å². The Morgan fingerprint density at radius 1 is 1.23 bits per heavy atom. The van der Waals surface area contributed by atoms with E-state index in [0.29, 0.717) is 30.8 Å². The number of aliphatic hydroxyl groups excluding tert-OH is 1. The van der Waals surface area contributed by atoms with Crippen LogP contribution >= 0.6 is 0 Å². The fraction of sp³-hybridized carbons (Fsp3) is 0.435. The zero-order valence-electron chi connectivity index (χ0n) is 19.5. The summed E-state index contributed by atoms with van der Waals surface area (Å²) in [6.45, 7) is 2.57. The second-order valence-electron chi connectivity index (χ2n) is 8.64. The molecule has 2 atom stereocenters. The Hall–Kier alpha value is -3.61. The molecule has 2 aromatic rings. The van der Waals surface area contributed by atoms with Crippen molar-refractivity contribution >= 4 is 29.2 Å². The molecule has 35 heavy (non-hydrogen) atoms. The lowest BCUT2D eigenvalue weighted by atomic mass is 10.0. The van der Waals surface area contributed by atoms with Crippen molar-refractivity contribution in [3.05, 3.63) is 52.6 Å². The van der Waals surface area contributed by atoms with E-state index in [1.807, 2.05) is 0 Å². The van der Waals surface area contributed by atoms with Gasteiger partial charge in [-0.25, -0.2) is 4.79 Å². The molecule has 0 radical (unpaired) electrons. The Balaban J connectivity index is 1.48. The van der Waals surface area contributed by atoms with Crippen molar-refractivity contribution in [1.29, 1.82) is 0 Å². The third-order valence-corrected chi connectivity index (χ3v) is 5.62. The molecule has 1 aliphatic rings. The van der Waals surface area contributed by atoms with E-state index in [1.165, 1.54) is 48.0 Å². The minimum absolute atomic E-state index is 0.0236. The summed E-state index contributed by atoms with van der Waals surface area (Å²) < 4.78 is 1.41.